The summed E-state index contributed by atoms with van der Waals surface area (Å²) in [6.07, 6.45) is 1.11. The fourth-order valence-corrected chi connectivity index (χ4v) is 5.81. The van der Waals surface area contributed by atoms with Crippen molar-refractivity contribution in [3.05, 3.63) is 56.6 Å². The Labute approximate surface area is 129 Å². The molecule has 20 heavy (non-hydrogen) atoms. The molecule has 0 fully saturated rings. The third-order valence-electron chi connectivity index (χ3n) is 3.58. The van der Waals surface area contributed by atoms with Crippen molar-refractivity contribution in [2.45, 2.75) is 12.2 Å². The van der Waals surface area contributed by atoms with E-state index in [0.717, 1.165) is 28.0 Å². The van der Waals surface area contributed by atoms with Crippen LogP contribution in [0, 0.1) is 0 Å². The maximum absolute atomic E-state index is 12.7. The van der Waals surface area contributed by atoms with E-state index in [1.54, 1.807) is 22.7 Å². The molecule has 0 amide bonds. The predicted molar refractivity (Wildman–Crippen MR) is 89.4 cm³/mol. The van der Waals surface area contributed by atoms with E-state index < -0.39 is 0 Å². The van der Waals surface area contributed by atoms with E-state index in [1.165, 1.54) is 20.9 Å². The van der Waals surface area contributed by atoms with Crippen LogP contribution in [-0.2, 0) is 12.2 Å². The van der Waals surface area contributed by atoms with Gasteiger partial charge < -0.3 is 0 Å². The lowest BCUT2D eigenvalue weighted by molar-refractivity contribution is 0.104. The van der Waals surface area contributed by atoms with E-state index in [-0.39, 0.29) is 5.78 Å². The highest BCUT2D eigenvalue weighted by Crippen LogP contribution is 2.34. The van der Waals surface area contributed by atoms with E-state index in [9.17, 15) is 4.79 Å². The molecule has 0 bridgehead atoms. The van der Waals surface area contributed by atoms with Crippen molar-refractivity contribution in [3.8, 4) is 0 Å². The number of benzene rings is 1. The molecule has 0 saturated heterocycles. The van der Waals surface area contributed by atoms with Crippen LogP contribution in [0.5, 0.6) is 0 Å². The lowest BCUT2D eigenvalue weighted by atomic mass is 10.1. The van der Waals surface area contributed by atoms with Gasteiger partial charge in [0.15, 0.2) is 0 Å². The van der Waals surface area contributed by atoms with Crippen molar-refractivity contribution >= 4 is 50.3 Å². The molecule has 0 radical (unpaired) electrons. The van der Waals surface area contributed by atoms with E-state index in [4.69, 9.17) is 0 Å². The molecule has 4 rings (SSSR count). The van der Waals surface area contributed by atoms with Gasteiger partial charge in [-0.15, -0.1) is 22.7 Å². The summed E-state index contributed by atoms with van der Waals surface area (Å²) in [6, 6.07) is 10.3. The van der Waals surface area contributed by atoms with Crippen LogP contribution < -0.4 is 0 Å². The molecular formula is C16H12OS3. The minimum Gasteiger partial charge on any atom is -0.288 e. The summed E-state index contributed by atoms with van der Waals surface area (Å²) < 4.78 is 1.19. The molecule has 3 heterocycles. The zero-order chi connectivity index (χ0) is 13.5. The van der Waals surface area contributed by atoms with Gasteiger partial charge in [0.1, 0.15) is 0 Å². The number of aryl methyl sites for hydroxylation is 1. The molecule has 0 saturated carbocycles. The number of carbonyl (C=O) groups is 1. The number of hydrogen-bond donors (Lipinski definition) is 0. The Morgan fingerprint density at radius 2 is 2.10 bits per heavy atom. The fraction of sp³-hybridized carbons (Fsp3) is 0.188. The summed E-state index contributed by atoms with van der Waals surface area (Å²) in [4.78, 5) is 15.1. The first-order valence-corrected chi connectivity index (χ1v) is 9.38. The van der Waals surface area contributed by atoms with Gasteiger partial charge in [0, 0.05) is 31.7 Å². The summed E-state index contributed by atoms with van der Waals surface area (Å²) in [5, 5.41) is 3.09. The summed E-state index contributed by atoms with van der Waals surface area (Å²) >= 11 is 5.30. The van der Waals surface area contributed by atoms with Crippen LogP contribution in [0.25, 0.3) is 10.1 Å². The highest BCUT2D eigenvalue weighted by molar-refractivity contribution is 7.98. The maximum atomic E-state index is 12.7. The zero-order valence-corrected chi connectivity index (χ0v) is 13.2. The number of fused-ring (bicyclic) bond motifs is 2. The number of rotatable bonds is 2. The predicted octanol–water partition coefficient (Wildman–Crippen LogP) is 4.98. The van der Waals surface area contributed by atoms with Crippen LogP contribution in [0.1, 0.15) is 25.7 Å². The van der Waals surface area contributed by atoms with Gasteiger partial charge in [0.25, 0.3) is 0 Å². The Balaban J connectivity index is 1.78. The maximum Gasteiger partial charge on any atom is 0.204 e. The van der Waals surface area contributed by atoms with Gasteiger partial charge >= 0.3 is 0 Å². The third kappa shape index (κ3) is 2.03. The van der Waals surface area contributed by atoms with Crippen LogP contribution >= 0.6 is 34.4 Å². The Morgan fingerprint density at radius 3 is 3.00 bits per heavy atom. The van der Waals surface area contributed by atoms with Crippen LogP contribution in [0.4, 0.5) is 0 Å². The minimum atomic E-state index is 0.187. The van der Waals surface area contributed by atoms with E-state index in [1.807, 2.05) is 35.3 Å². The van der Waals surface area contributed by atoms with Crippen LogP contribution in [0.2, 0.25) is 0 Å². The molecule has 0 N–H and O–H groups in total. The van der Waals surface area contributed by atoms with E-state index >= 15 is 0 Å². The topological polar surface area (TPSA) is 17.1 Å². The standard InChI is InChI=1S/C16H12OS3/c17-16(12-9-19-14-4-2-1-3-11(12)14)15-7-10-8-18-6-5-13(10)20-15/h1-4,7,9H,5-6,8H2. The second-order valence-electron chi connectivity index (χ2n) is 4.84. The molecule has 0 spiro atoms. The number of ketones is 1. The molecule has 1 aromatic carbocycles. The summed E-state index contributed by atoms with van der Waals surface area (Å²) in [6.45, 7) is 0. The second kappa shape index (κ2) is 5.02. The molecule has 2 aromatic heterocycles. The van der Waals surface area contributed by atoms with E-state index in [2.05, 4.69) is 12.1 Å². The normalized spacial score (nSPS) is 14.4. The summed E-state index contributed by atoms with van der Waals surface area (Å²) in [5.41, 5.74) is 2.23. The van der Waals surface area contributed by atoms with Crippen molar-refractivity contribution in [1.82, 2.24) is 0 Å². The summed E-state index contributed by atoms with van der Waals surface area (Å²) in [7, 11) is 0. The van der Waals surface area contributed by atoms with E-state index in [0.29, 0.717) is 0 Å². The molecule has 3 aromatic rings. The molecule has 1 aliphatic rings. The second-order valence-corrected chi connectivity index (χ2v) is 7.99. The van der Waals surface area contributed by atoms with Crippen LogP contribution in [-0.4, -0.2) is 11.5 Å². The average Bonchev–Trinajstić information content (AvgIpc) is 3.10. The van der Waals surface area contributed by atoms with Gasteiger partial charge in [-0.05, 0) is 29.9 Å². The molecule has 0 aliphatic carbocycles. The van der Waals surface area contributed by atoms with Crippen molar-refractivity contribution in [1.29, 1.82) is 0 Å². The van der Waals surface area contributed by atoms with Gasteiger partial charge in [-0.1, -0.05) is 18.2 Å². The highest BCUT2D eigenvalue weighted by atomic mass is 32.2. The fourth-order valence-electron chi connectivity index (χ4n) is 2.55. The average molecular weight is 316 g/mol. The van der Waals surface area contributed by atoms with Gasteiger partial charge in [0.05, 0.1) is 4.88 Å². The molecule has 0 atom stereocenters. The first kappa shape index (κ1) is 12.6. The van der Waals surface area contributed by atoms with Crippen LogP contribution in [0.15, 0.2) is 35.7 Å². The lowest BCUT2D eigenvalue weighted by Gasteiger charge is -2.08. The SMILES string of the molecule is O=C(c1cc2c(s1)CCSC2)c1csc2ccccc12. The highest BCUT2D eigenvalue weighted by Gasteiger charge is 2.20. The Hall–Kier alpha value is -1.10. The quantitative estimate of drug-likeness (QED) is 0.620. The Morgan fingerprint density at radius 1 is 1.20 bits per heavy atom. The van der Waals surface area contributed by atoms with Crippen LogP contribution in [0.3, 0.4) is 0 Å². The lowest BCUT2D eigenvalue weighted by Crippen LogP contribution is -1.97. The monoisotopic (exact) mass is 316 g/mol. The van der Waals surface area contributed by atoms with Gasteiger partial charge in [-0.2, -0.15) is 11.8 Å². The smallest absolute Gasteiger partial charge is 0.204 e. The van der Waals surface area contributed by atoms with Crippen molar-refractivity contribution in [2.75, 3.05) is 5.75 Å². The first-order chi connectivity index (χ1) is 9.83. The molecular weight excluding hydrogens is 304 g/mol. The number of carbonyl (C=O) groups excluding carboxylic acids is 1. The Bertz CT molecular complexity index is 774. The van der Waals surface area contributed by atoms with Gasteiger partial charge in [0.2, 0.25) is 5.78 Å². The number of thiophene rings is 2. The molecule has 0 unspecified atom stereocenters. The summed E-state index contributed by atoms with van der Waals surface area (Å²) in [5.74, 6) is 2.43. The van der Waals surface area contributed by atoms with Gasteiger partial charge in [-0.25, -0.2) is 0 Å². The zero-order valence-electron chi connectivity index (χ0n) is 10.7. The molecule has 1 aliphatic heterocycles. The first-order valence-electron chi connectivity index (χ1n) is 6.53. The molecule has 4 heteroatoms. The molecule has 1 nitrogen and oxygen atoms in total. The van der Waals surface area contributed by atoms with Crippen molar-refractivity contribution in [3.63, 3.8) is 0 Å². The van der Waals surface area contributed by atoms with Gasteiger partial charge in [-0.3, -0.25) is 4.79 Å². The Kier molecular flexibility index (Phi) is 3.17. The third-order valence-corrected chi connectivity index (χ3v) is 6.78. The van der Waals surface area contributed by atoms with Crippen molar-refractivity contribution in [2.24, 2.45) is 0 Å². The van der Waals surface area contributed by atoms with Crippen molar-refractivity contribution < 1.29 is 4.79 Å². The largest absolute Gasteiger partial charge is 0.288 e. The molecule has 100 valence electrons. The number of hydrogen-bond acceptors (Lipinski definition) is 4. The number of thioether (sulfide) groups is 1. The minimum absolute atomic E-state index is 0.187.